The standard InChI is InChI=1S/C24H27N3O4/c1-24(15-19-5-3-4-6-20(19)22(29)31-24)23(30)25-16-17-7-9-18(10-8-17)21(28)27-13-11-26(2)12-14-27/h3-10H,11-16H2,1-2H3,(H,25,30). The molecule has 2 aromatic carbocycles. The Kier molecular flexibility index (Phi) is 5.78. The highest BCUT2D eigenvalue weighted by Crippen LogP contribution is 2.28. The van der Waals surface area contributed by atoms with E-state index in [1.165, 1.54) is 0 Å². The van der Waals surface area contributed by atoms with Gasteiger partial charge in [0.2, 0.25) is 0 Å². The molecule has 4 rings (SSSR count). The first-order chi connectivity index (χ1) is 14.9. The lowest BCUT2D eigenvalue weighted by Crippen LogP contribution is -2.51. The van der Waals surface area contributed by atoms with Crippen molar-refractivity contribution in [2.24, 2.45) is 0 Å². The summed E-state index contributed by atoms with van der Waals surface area (Å²) in [5, 5.41) is 2.86. The van der Waals surface area contributed by atoms with Crippen molar-refractivity contribution in [3.05, 3.63) is 70.8 Å². The van der Waals surface area contributed by atoms with Gasteiger partial charge in [-0.15, -0.1) is 0 Å². The molecule has 0 bridgehead atoms. The minimum atomic E-state index is -1.25. The average Bonchev–Trinajstić information content (AvgIpc) is 2.78. The third-order valence-electron chi connectivity index (χ3n) is 6.01. The molecule has 0 aliphatic carbocycles. The monoisotopic (exact) mass is 421 g/mol. The Bertz CT molecular complexity index is 996. The van der Waals surface area contributed by atoms with Crippen molar-refractivity contribution in [3.63, 3.8) is 0 Å². The number of benzene rings is 2. The number of nitrogens with zero attached hydrogens (tertiary/aromatic N) is 2. The number of hydrogen-bond acceptors (Lipinski definition) is 5. The first kappa shape index (κ1) is 21.1. The molecule has 1 atom stereocenters. The molecule has 162 valence electrons. The largest absolute Gasteiger partial charge is 0.445 e. The molecule has 0 spiro atoms. The Hall–Kier alpha value is -3.19. The van der Waals surface area contributed by atoms with Gasteiger partial charge in [-0.2, -0.15) is 0 Å². The molecular weight excluding hydrogens is 394 g/mol. The van der Waals surface area contributed by atoms with Crippen LogP contribution in [0.1, 0.15) is 38.8 Å². The second-order valence-electron chi connectivity index (χ2n) is 8.43. The molecule has 2 aliphatic heterocycles. The third-order valence-corrected chi connectivity index (χ3v) is 6.01. The number of ether oxygens (including phenoxy) is 1. The summed E-state index contributed by atoms with van der Waals surface area (Å²) < 4.78 is 5.47. The lowest BCUT2D eigenvalue weighted by atomic mass is 9.89. The van der Waals surface area contributed by atoms with E-state index in [1.54, 1.807) is 31.2 Å². The molecule has 2 aliphatic rings. The van der Waals surface area contributed by atoms with Crippen LogP contribution >= 0.6 is 0 Å². The van der Waals surface area contributed by atoms with Crippen molar-refractivity contribution in [1.29, 1.82) is 0 Å². The Balaban J connectivity index is 1.35. The highest BCUT2D eigenvalue weighted by Gasteiger charge is 2.42. The Morgan fingerprint density at radius 2 is 1.71 bits per heavy atom. The number of carbonyl (C=O) groups excluding carboxylic acids is 3. The van der Waals surface area contributed by atoms with Crippen molar-refractivity contribution in [2.75, 3.05) is 33.2 Å². The first-order valence-corrected chi connectivity index (χ1v) is 10.5. The van der Waals surface area contributed by atoms with Crippen LogP contribution in [0, 0.1) is 0 Å². The van der Waals surface area contributed by atoms with Crippen LogP contribution in [0.4, 0.5) is 0 Å². The summed E-state index contributed by atoms with van der Waals surface area (Å²) in [5.74, 6) is -0.789. The quantitative estimate of drug-likeness (QED) is 0.763. The fourth-order valence-corrected chi connectivity index (χ4v) is 3.99. The molecule has 2 heterocycles. The van der Waals surface area contributed by atoms with E-state index in [-0.39, 0.29) is 18.4 Å². The fourth-order valence-electron chi connectivity index (χ4n) is 3.99. The molecule has 1 saturated heterocycles. The Labute approximate surface area is 182 Å². The number of likely N-dealkylation sites (N-methyl/N-ethyl adjacent to an activating group) is 1. The molecular formula is C24H27N3O4. The molecule has 7 nitrogen and oxygen atoms in total. The first-order valence-electron chi connectivity index (χ1n) is 10.5. The minimum Gasteiger partial charge on any atom is -0.445 e. The number of fused-ring (bicyclic) bond motifs is 1. The summed E-state index contributed by atoms with van der Waals surface area (Å²) >= 11 is 0. The highest BCUT2D eigenvalue weighted by atomic mass is 16.6. The van der Waals surface area contributed by atoms with E-state index < -0.39 is 11.6 Å². The molecule has 7 heteroatoms. The van der Waals surface area contributed by atoms with Crippen molar-refractivity contribution in [3.8, 4) is 0 Å². The Morgan fingerprint density at radius 1 is 1.03 bits per heavy atom. The van der Waals surface area contributed by atoms with Gasteiger partial charge in [0.1, 0.15) is 0 Å². The minimum absolute atomic E-state index is 0.0315. The van der Waals surface area contributed by atoms with Crippen molar-refractivity contribution in [2.45, 2.75) is 25.5 Å². The van der Waals surface area contributed by atoms with E-state index in [0.717, 1.165) is 37.3 Å². The van der Waals surface area contributed by atoms with Crippen molar-refractivity contribution in [1.82, 2.24) is 15.1 Å². The van der Waals surface area contributed by atoms with Gasteiger partial charge in [0.15, 0.2) is 5.60 Å². The number of hydrogen-bond donors (Lipinski definition) is 1. The normalized spacial score (nSPS) is 21.2. The average molecular weight is 421 g/mol. The lowest BCUT2D eigenvalue weighted by molar-refractivity contribution is -0.139. The zero-order chi connectivity index (χ0) is 22.0. The second kappa shape index (κ2) is 8.51. The number of nitrogens with one attached hydrogen (secondary N) is 1. The van der Waals surface area contributed by atoms with Gasteiger partial charge in [-0.25, -0.2) is 4.79 Å². The topological polar surface area (TPSA) is 79.0 Å². The van der Waals surface area contributed by atoms with E-state index in [0.29, 0.717) is 17.5 Å². The van der Waals surface area contributed by atoms with Crippen molar-refractivity contribution < 1.29 is 19.1 Å². The SMILES string of the molecule is CN1CCN(C(=O)c2ccc(CNC(=O)C3(C)Cc4ccccc4C(=O)O3)cc2)CC1. The van der Waals surface area contributed by atoms with Crippen LogP contribution in [-0.2, 0) is 22.5 Å². The van der Waals surface area contributed by atoms with Crippen LogP contribution in [0.5, 0.6) is 0 Å². The van der Waals surface area contributed by atoms with Gasteiger partial charge in [0, 0.05) is 44.7 Å². The maximum absolute atomic E-state index is 12.8. The van der Waals surface area contributed by atoms with E-state index in [4.69, 9.17) is 4.74 Å². The third kappa shape index (κ3) is 4.46. The summed E-state index contributed by atoms with van der Waals surface area (Å²) in [6.07, 6.45) is 0.333. The molecule has 0 saturated carbocycles. The van der Waals surface area contributed by atoms with E-state index in [9.17, 15) is 14.4 Å². The van der Waals surface area contributed by atoms with Crippen LogP contribution in [0.25, 0.3) is 0 Å². The molecule has 0 aromatic heterocycles. The van der Waals surface area contributed by atoms with Crippen LogP contribution in [0.15, 0.2) is 48.5 Å². The van der Waals surface area contributed by atoms with E-state index in [2.05, 4.69) is 17.3 Å². The van der Waals surface area contributed by atoms with Gasteiger partial charge in [0.25, 0.3) is 11.8 Å². The highest BCUT2D eigenvalue weighted by molar-refractivity contribution is 5.97. The molecule has 0 radical (unpaired) electrons. The maximum atomic E-state index is 12.8. The van der Waals surface area contributed by atoms with Gasteiger partial charge in [0.05, 0.1) is 5.56 Å². The van der Waals surface area contributed by atoms with Crippen molar-refractivity contribution >= 4 is 17.8 Å². The van der Waals surface area contributed by atoms with Crippen LogP contribution in [0.3, 0.4) is 0 Å². The number of rotatable bonds is 4. The predicted octanol–water partition coefficient (Wildman–Crippen LogP) is 1.86. The summed E-state index contributed by atoms with van der Waals surface area (Å²) in [6, 6.07) is 14.4. The van der Waals surface area contributed by atoms with Crippen LogP contribution in [0.2, 0.25) is 0 Å². The van der Waals surface area contributed by atoms with Gasteiger partial charge in [-0.1, -0.05) is 30.3 Å². The van der Waals surface area contributed by atoms with Crippen LogP contribution < -0.4 is 5.32 Å². The molecule has 31 heavy (non-hydrogen) atoms. The maximum Gasteiger partial charge on any atom is 0.339 e. The Morgan fingerprint density at radius 3 is 2.42 bits per heavy atom. The molecule has 2 aromatic rings. The predicted molar refractivity (Wildman–Crippen MR) is 116 cm³/mol. The van der Waals surface area contributed by atoms with Gasteiger partial charge < -0.3 is 19.9 Å². The summed E-state index contributed by atoms with van der Waals surface area (Å²) in [4.78, 5) is 41.8. The number of piperazine rings is 1. The fraction of sp³-hybridized carbons (Fsp3) is 0.375. The van der Waals surface area contributed by atoms with Crippen LogP contribution in [-0.4, -0.2) is 66.4 Å². The van der Waals surface area contributed by atoms with E-state index >= 15 is 0 Å². The number of esters is 1. The second-order valence-corrected chi connectivity index (χ2v) is 8.43. The smallest absolute Gasteiger partial charge is 0.339 e. The zero-order valence-electron chi connectivity index (χ0n) is 17.9. The summed E-state index contributed by atoms with van der Waals surface area (Å²) in [6.45, 7) is 5.14. The summed E-state index contributed by atoms with van der Waals surface area (Å²) in [5.41, 5.74) is 1.58. The number of amides is 2. The van der Waals surface area contributed by atoms with Gasteiger partial charge in [-0.3, -0.25) is 9.59 Å². The number of cyclic esters (lactones) is 1. The molecule has 2 amide bonds. The van der Waals surface area contributed by atoms with E-state index in [1.807, 2.05) is 29.2 Å². The zero-order valence-corrected chi connectivity index (χ0v) is 17.9. The lowest BCUT2D eigenvalue weighted by Gasteiger charge is -2.33. The van der Waals surface area contributed by atoms with Gasteiger partial charge >= 0.3 is 5.97 Å². The molecule has 1 unspecified atom stereocenters. The summed E-state index contributed by atoms with van der Waals surface area (Å²) in [7, 11) is 2.05. The van der Waals surface area contributed by atoms with Gasteiger partial charge in [-0.05, 0) is 43.3 Å². The number of carbonyl (C=O) groups is 3. The molecule has 1 N–H and O–H groups in total. The molecule has 1 fully saturated rings.